The molecular formula is C22H26FN3O2. The van der Waals surface area contributed by atoms with E-state index in [9.17, 15) is 14.0 Å². The highest BCUT2D eigenvalue weighted by molar-refractivity contribution is 5.85. The molecular weight excluding hydrogens is 357 g/mol. The maximum atomic E-state index is 14.5. The number of pyridine rings is 1. The highest BCUT2D eigenvalue weighted by Gasteiger charge is 2.41. The number of likely N-dealkylation sites (N-methyl/N-ethyl adjacent to an activating group) is 1. The van der Waals surface area contributed by atoms with Crippen LogP contribution in [-0.4, -0.2) is 46.7 Å². The molecule has 0 bridgehead atoms. The maximum absolute atomic E-state index is 14.5. The van der Waals surface area contributed by atoms with Crippen molar-refractivity contribution < 1.29 is 14.0 Å². The average molecular weight is 383 g/mol. The molecule has 1 aromatic heterocycles. The fraction of sp³-hybridized carbons (Fsp3) is 0.409. The van der Waals surface area contributed by atoms with E-state index in [4.69, 9.17) is 0 Å². The molecule has 1 fully saturated rings. The van der Waals surface area contributed by atoms with Gasteiger partial charge in [0.25, 0.3) is 0 Å². The summed E-state index contributed by atoms with van der Waals surface area (Å²) in [5, 5.41) is 0. The fourth-order valence-electron chi connectivity index (χ4n) is 3.91. The lowest BCUT2D eigenvalue weighted by atomic mass is 9.83. The topological polar surface area (TPSA) is 53.5 Å². The van der Waals surface area contributed by atoms with Crippen LogP contribution in [0.15, 0.2) is 48.7 Å². The monoisotopic (exact) mass is 383 g/mol. The van der Waals surface area contributed by atoms with Crippen molar-refractivity contribution in [3.8, 4) is 0 Å². The molecule has 0 N–H and O–H groups in total. The second-order valence-corrected chi connectivity index (χ2v) is 7.12. The van der Waals surface area contributed by atoms with Crippen LogP contribution in [0.2, 0.25) is 0 Å². The molecule has 0 aliphatic carbocycles. The Balaban J connectivity index is 1.81. The minimum Gasteiger partial charge on any atom is -0.345 e. The van der Waals surface area contributed by atoms with Gasteiger partial charge in [-0.2, -0.15) is 0 Å². The third kappa shape index (κ3) is 4.21. The minimum absolute atomic E-state index is 0.0315. The molecule has 1 aliphatic rings. The van der Waals surface area contributed by atoms with Crippen LogP contribution in [-0.2, 0) is 16.0 Å². The first-order chi connectivity index (χ1) is 13.5. The summed E-state index contributed by atoms with van der Waals surface area (Å²) in [6.07, 6.45) is 3.12. The number of hydrogen-bond acceptors (Lipinski definition) is 3. The number of carbonyl (C=O) groups excluding carboxylic acids is 2. The molecule has 0 unspecified atom stereocenters. The van der Waals surface area contributed by atoms with E-state index in [2.05, 4.69) is 4.98 Å². The minimum atomic E-state index is -0.572. The average Bonchev–Trinajstić information content (AvgIpc) is 2.72. The van der Waals surface area contributed by atoms with Gasteiger partial charge >= 0.3 is 0 Å². The normalized spacial score (nSPS) is 19.5. The van der Waals surface area contributed by atoms with Gasteiger partial charge in [0.05, 0.1) is 12.0 Å². The number of piperidine rings is 1. The van der Waals surface area contributed by atoms with Gasteiger partial charge in [-0.3, -0.25) is 14.6 Å². The van der Waals surface area contributed by atoms with Gasteiger partial charge in [-0.1, -0.05) is 24.3 Å². The molecule has 2 amide bonds. The molecule has 1 aliphatic heterocycles. The van der Waals surface area contributed by atoms with E-state index < -0.39 is 12.0 Å². The van der Waals surface area contributed by atoms with E-state index in [0.29, 0.717) is 37.9 Å². The predicted octanol–water partition coefficient (Wildman–Crippen LogP) is 3.22. The van der Waals surface area contributed by atoms with Crippen LogP contribution >= 0.6 is 0 Å². The van der Waals surface area contributed by atoms with Crippen molar-refractivity contribution in [3.05, 3.63) is 65.7 Å². The number of aromatic nitrogens is 1. The van der Waals surface area contributed by atoms with Crippen LogP contribution in [0.1, 0.15) is 37.1 Å². The molecule has 28 heavy (non-hydrogen) atoms. The summed E-state index contributed by atoms with van der Waals surface area (Å²) in [6.45, 7) is 2.83. The highest BCUT2D eigenvalue weighted by Crippen LogP contribution is 2.38. The summed E-state index contributed by atoms with van der Waals surface area (Å²) in [4.78, 5) is 33.3. The van der Waals surface area contributed by atoms with Gasteiger partial charge in [0, 0.05) is 50.4 Å². The lowest BCUT2D eigenvalue weighted by Gasteiger charge is -2.41. The van der Waals surface area contributed by atoms with E-state index in [0.717, 1.165) is 5.69 Å². The van der Waals surface area contributed by atoms with Crippen LogP contribution < -0.4 is 0 Å². The zero-order valence-corrected chi connectivity index (χ0v) is 16.3. The van der Waals surface area contributed by atoms with Crippen LogP contribution in [0.3, 0.4) is 0 Å². The zero-order chi connectivity index (χ0) is 20.1. The number of nitrogens with zero attached hydrogens (tertiary/aromatic N) is 3. The third-order valence-electron chi connectivity index (χ3n) is 5.39. The molecule has 0 saturated carbocycles. The Morgan fingerprint density at radius 3 is 2.68 bits per heavy atom. The molecule has 2 atom stereocenters. The molecule has 3 rings (SSSR count). The SMILES string of the molecule is CCN1C(=O)CC[C@@H](C(=O)N(C)CCc2ccccn2)[C@@H]1c1ccccc1F. The Bertz CT molecular complexity index is 828. The van der Waals surface area contributed by atoms with E-state index >= 15 is 0 Å². The quantitative estimate of drug-likeness (QED) is 0.770. The lowest BCUT2D eigenvalue weighted by Crippen LogP contribution is -2.48. The van der Waals surface area contributed by atoms with Gasteiger partial charge in [-0.15, -0.1) is 0 Å². The van der Waals surface area contributed by atoms with Crippen molar-refractivity contribution in [1.82, 2.24) is 14.8 Å². The number of hydrogen-bond donors (Lipinski definition) is 0. The molecule has 0 radical (unpaired) electrons. The fourth-order valence-corrected chi connectivity index (χ4v) is 3.91. The van der Waals surface area contributed by atoms with Crippen LogP contribution in [0.5, 0.6) is 0 Å². The van der Waals surface area contributed by atoms with E-state index in [1.165, 1.54) is 6.07 Å². The number of amides is 2. The van der Waals surface area contributed by atoms with Gasteiger partial charge in [-0.25, -0.2) is 4.39 Å². The number of carbonyl (C=O) groups is 2. The third-order valence-corrected chi connectivity index (χ3v) is 5.39. The van der Waals surface area contributed by atoms with Gasteiger partial charge in [0.2, 0.25) is 11.8 Å². The van der Waals surface area contributed by atoms with Crippen molar-refractivity contribution in [1.29, 1.82) is 0 Å². The van der Waals surface area contributed by atoms with Crippen LogP contribution in [0, 0.1) is 11.7 Å². The van der Waals surface area contributed by atoms with Gasteiger partial charge in [0.1, 0.15) is 5.82 Å². The summed E-state index contributed by atoms with van der Waals surface area (Å²) in [5.74, 6) is -0.927. The number of likely N-dealkylation sites (tertiary alicyclic amines) is 1. The number of rotatable bonds is 6. The van der Waals surface area contributed by atoms with Crippen molar-refractivity contribution >= 4 is 11.8 Å². The standard InChI is InChI=1S/C22H26FN3O2/c1-3-26-20(27)12-11-18(21(26)17-9-4-5-10-19(17)23)22(28)25(2)15-13-16-8-6-7-14-24-16/h4-10,14,18,21H,3,11-13,15H2,1-2H3/t18-,21+/m1/s1. The summed E-state index contributed by atoms with van der Waals surface area (Å²) >= 11 is 0. The Labute approximate surface area is 165 Å². The number of halogens is 1. The lowest BCUT2D eigenvalue weighted by molar-refractivity contribution is -0.147. The second-order valence-electron chi connectivity index (χ2n) is 7.12. The van der Waals surface area contributed by atoms with Gasteiger partial charge < -0.3 is 9.80 Å². The highest BCUT2D eigenvalue weighted by atomic mass is 19.1. The molecule has 148 valence electrons. The van der Waals surface area contributed by atoms with Crippen molar-refractivity contribution in [2.75, 3.05) is 20.1 Å². The first-order valence-corrected chi connectivity index (χ1v) is 9.71. The molecule has 1 saturated heterocycles. The molecule has 2 heterocycles. The molecule has 6 heteroatoms. The summed E-state index contributed by atoms with van der Waals surface area (Å²) in [6, 6.07) is 11.6. The van der Waals surface area contributed by atoms with Crippen molar-refractivity contribution in [2.45, 2.75) is 32.2 Å². The van der Waals surface area contributed by atoms with Gasteiger partial charge in [0.15, 0.2) is 0 Å². The van der Waals surface area contributed by atoms with E-state index in [1.54, 1.807) is 41.2 Å². The Morgan fingerprint density at radius 1 is 1.25 bits per heavy atom. The summed E-state index contributed by atoms with van der Waals surface area (Å²) in [5.41, 5.74) is 1.33. The summed E-state index contributed by atoms with van der Waals surface area (Å²) in [7, 11) is 1.76. The maximum Gasteiger partial charge on any atom is 0.227 e. The zero-order valence-electron chi connectivity index (χ0n) is 16.3. The molecule has 0 spiro atoms. The van der Waals surface area contributed by atoms with E-state index in [-0.39, 0.29) is 17.6 Å². The van der Waals surface area contributed by atoms with Crippen molar-refractivity contribution in [2.24, 2.45) is 5.92 Å². The Hall–Kier alpha value is -2.76. The van der Waals surface area contributed by atoms with Crippen LogP contribution in [0.4, 0.5) is 4.39 Å². The second kappa shape index (κ2) is 8.95. The molecule has 1 aromatic carbocycles. The molecule has 5 nitrogen and oxygen atoms in total. The smallest absolute Gasteiger partial charge is 0.227 e. The Kier molecular flexibility index (Phi) is 6.39. The first kappa shape index (κ1) is 20.0. The first-order valence-electron chi connectivity index (χ1n) is 9.71. The number of benzene rings is 1. The predicted molar refractivity (Wildman–Crippen MR) is 105 cm³/mol. The van der Waals surface area contributed by atoms with E-state index in [1.807, 2.05) is 25.1 Å². The Morgan fingerprint density at radius 2 is 2.00 bits per heavy atom. The largest absolute Gasteiger partial charge is 0.345 e. The van der Waals surface area contributed by atoms with Crippen LogP contribution in [0.25, 0.3) is 0 Å². The molecule has 2 aromatic rings. The van der Waals surface area contributed by atoms with Gasteiger partial charge in [-0.05, 0) is 31.5 Å². The summed E-state index contributed by atoms with van der Waals surface area (Å²) < 4.78 is 14.5. The van der Waals surface area contributed by atoms with Crippen molar-refractivity contribution in [3.63, 3.8) is 0 Å².